The Bertz CT molecular complexity index is 765. The Morgan fingerprint density at radius 2 is 2.08 bits per heavy atom. The van der Waals surface area contributed by atoms with Crippen molar-refractivity contribution in [3.8, 4) is 11.3 Å². The van der Waals surface area contributed by atoms with Crippen molar-refractivity contribution in [2.45, 2.75) is 38.1 Å². The highest BCUT2D eigenvalue weighted by atomic mass is 16.2. The number of carbonyl (C=O) groups is 2. The van der Waals surface area contributed by atoms with Crippen LogP contribution in [-0.2, 0) is 9.59 Å². The predicted molar refractivity (Wildman–Crippen MR) is 94.7 cm³/mol. The van der Waals surface area contributed by atoms with Gasteiger partial charge in [-0.15, -0.1) is 0 Å². The first-order valence-electron chi connectivity index (χ1n) is 8.91. The van der Waals surface area contributed by atoms with Crippen molar-refractivity contribution < 1.29 is 9.59 Å². The number of rotatable bonds is 4. The topological polar surface area (TPSA) is 78.1 Å². The fraction of sp³-hybridized carbons (Fsp3) is 0.421. The third-order valence-corrected chi connectivity index (χ3v) is 5.24. The van der Waals surface area contributed by atoms with Gasteiger partial charge in [0.2, 0.25) is 11.8 Å². The van der Waals surface area contributed by atoms with E-state index in [4.69, 9.17) is 0 Å². The number of nitrogens with one attached hydrogen (secondary N) is 2. The number of H-pyrrole nitrogens is 1. The normalized spacial score (nSPS) is 21.0. The first-order chi connectivity index (χ1) is 12.2. The summed E-state index contributed by atoms with van der Waals surface area (Å²) in [6, 6.07) is 9.87. The molecule has 1 aliphatic carbocycles. The molecule has 1 saturated carbocycles. The Balaban J connectivity index is 1.42. The van der Waals surface area contributed by atoms with Crippen molar-refractivity contribution in [3.63, 3.8) is 0 Å². The van der Waals surface area contributed by atoms with Gasteiger partial charge in [0, 0.05) is 36.5 Å². The summed E-state index contributed by atoms with van der Waals surface area (Å²) in [7, 11) is 0. The highest BCUT2D eigenvalue weighted by molar-refractivity contribution is 5.97. The molecule has 1 saturated heterocycles. The van der Waals surface area contributed by atoms with Crippen molar-refractivity contribution in [3.05, 3.63) is 36.5 Å². The van der Waals surface area contributed by atoms with Crippen molar-refractivity contribution >= 4 is 17.5 Å². The second-order valence-corrected chi connectivity index (χ2v) is 6.93. The van der Waals surface area contributed by atoms with Crippen LogP contribution in [0.15, 0.2) is 36.5 Å². The fourth-order valence-corrected chi connectivity index (χ4v) is 3.90. The average Bonchev–Trinajstić information content (AvgIpc) is 3.36. The Kier molecular flexibility index (Phi) is 4.26. The van der Waals surface area contributed by atoms with Crippen molar-refractivity contribution in [2.75, 3.05) is 11.9 Å². The number of nitrogens with zero attached hydrogens (tertiary/aromatic N) is 2. The molecule has 6 nitrogen and oxygen atoms in total. The molecule has 130 valence electrons. The zero-order valence-corrected chi connectivity index (χ0v) is 14.1. The summed E-state index contributed by atoms with van der Waals surface area (Å²) in [4.78, 5) is 26.8. The smallest absolute Gasteiger partial charge is 0.229 e. The molecule has 4 rings (SSSR count). The number of benzene rings is 1. The van der Waals surface area contributed by atoms with E-state index in [0.29, 0.717) is 19.0 Å². The van der Waals surface area contributed by atoms with Gasteiger partial charge in [0.05, 0.1) is 11.6 Å². The van der Waals surface area contributed by atoms with Crippen LogP contribution in [0.3, 0.4) is 0 Å². The first kappa shape index (κ1) is 15.9. The molecule has 2 fully saturated rings. The van der Waals surface area contributed by atoms with E-state index in [0.717, 1.165) is 29.8 Å². The molecule has 1 aliphatic heterocycles. The van der Waals surface area contributed by atoms with E-state index in [-0.39, 0.29) is 17.7 Å². The Hall–Kier alpha value is -2.63. The van der Waals surface area contributed by atoms with Crippen LogP contribution in [0.4, 0.5) is 5.69 Å². The van der Waals surface area contributed by atoms with Gasteiger partial charge in [-0.25, -0.2) is 0 Å². The van der Waals surface area contributed by atoms with Crippen molar-refractivity contribution in [2.24, 2.45) is 5.92 Å². The molecule has 1 atom stereocenters. The maximum Gasteiger partial charge on any atom is 0.229 e. The molecule has 0 radical (unpaired) electrons. The van der Waals surface area contributed by atoms with Gasteiger partial charge < -0.3 is 10.2 Å². The summed E-state index contributed by atoms with van der Waals surface area (Å²) < 4.78 is 0. The molecule has 2 aromatic rings. The first-order valence-corrected chi connectivity index (χ1v) is 8.91. The third kappa shape index (κ3) is 3.29. The van der Waals surface area contributed by atoms with E-state index < -0.39 is 0 Å². The Morgan fingerprint density at radius 3 is 2.84 bits per heavy atom. The predicted octanol–water partition coefficient (Wildman–Crippen LogP) is 2.81. The molecule has 0 unspecified atom stereocenters. The molecule has 0 spiro atoms. The fourth-order valence-electron chi connectivity index (χ4n) is 3.90. The van der Waals surface area contributed by atoms with Crippen LogP contribution < -0.4 is 5.32 Å². The number of amides is 2. The van der Waals surface area contributed by atoms with E-state index in [9.17, 15) is 9.59 Å². The maximum atomic E-state index is 12.6. The second kappa shape index (κ2) is 6.70. The zero-order chi connectivity index (χ0) is 17.2. The zero-order valence-electron chi connectivity index (χ0n) is 14.1. The molecule has 1 aromatic carbocycles. The van der Waals surface area contributed by atoms with Crippen LogP contribution >= 0.6 is 0 Å². The van der Waals surface area contributed by atoms with Crippen LogP contribution in [0.1, 0.15) is 32.1 Å². The number of hydrogen-bond acceptors (Lipinski definition) is 3. The lowest BCUT2D eigenvalue weighted by Crippen LogP contribution is -2.35. The molecule has 6 heteroatoms. The minimum atomic E-state index is -0.260. The van der Waals surface area contributed by atoms with Crippen LogP contribution in [0.2, 0.25) is 0 Å². The summed E-state index contributed by atoms with van der Waals surface area (Å²) in [6.45, 7) is 0.551. The quantitative estimate of drug-likeness (QED) is 0.900. The largest absolute Gasteiger partial charge is 0.339 e. The van der Waals surface area contributed by atoms with Gasteiger partial charge in [0.15, 0.2) is 0 Å². The summed E-state index contributed by atoms with van der Waals surface area (Å²) >= 11 is 0. The number of hydrogen-bond donors (Lipinski definition) is 2. The van der Waals surface area contributed by atoms with E-state index >= 15 is 0 Å². The summed E-state index contributed by atoms with van der Waals surface area (Å²) in [5.41, 5.74) is 2.61. The van der Waals surface area contributed by atoms with E-state index in [2.05, 4.69) is 15.5 Å². The van der Waals surface area contributed by atoms with Crippen LogP contribution in [0.25, 0.3) is 11.3 Å². The molecule has 2 heterocycles. The molecule has 2 aliphatic rings. The molecule has 25 heavy (non-hydrogen) atoms. The number of aromatic nitrogens is 2. The minimum absolute atomic E-state index is 0.0735. The number of aromatic amines is 1. The standard InChI is InChI=1S/C19H22N4O2/c24-18-11-14(12-23(18)16-6-1-2-7-16)19(25)21-15-5-3-4-13(10-15)17-8-9-20-22-17/h3-5,8-10,14,16H,1-2,6-7,11-12H2,(H,20,22)(H,21,25)/t14-/m1/s1. The highest BCUT2D eigenvalue weighted by Crippen LogP contribution is 2.30. The second-order valence-electron chi connectivity index (χ2n) is 6.93. The van der Waals surface area contributed by atoms with Crippen molar-refractivity contribution in [1.82, 2.24) is 15.1 Å². The van der Waals surface area contributed by atoms with Crippen LogP contribution in [-0.4, -0.2) is 39.5 Å². The monoisotopic (exact) mass is 338 g/mol. The summed E-state index contributed by atoms with van der Waals surface area (Å²) in [5, 5.41) is 9.83. The lowest BCUT2D eigenvalue weighted by Gasteiger charge is -2.23. The lowest BCUT2D eigenvalue weighted by molar-refractivity contribution is -0.129. The Labute approximate surface area is 146 Å². The van der Waals surface area contributed by atoms with Gasteiger partial charge in [-0.05, 0) is 31.0 Å². The average molecular weight is 338 g/mol. The van der Waals surface area contributed by atoms with Gasteiger partial charge in [0.1, 0.15) is 0 Å². The lowest BCUT2D eigenvalue weighted by atomic mass is 10.1. The van der Waals surface area contributed by atoms with Crippen LogP contribution in [0.5, 0.6) is 0 Å². The van der Waals surface area contributed by atoms with E-state index in [1.54, 1.807) is 6.20 Å². The molecule has 2 N–H and O–H groups in total. The van der Waals surface area contributed by atoms with E-state index in [1.165, 1.54) is 12.8 Å². The molecular formula is C19H22N4O2. The van der Waals surface area contributed by atoms with Gasteiger partial charge in [-0.2, -0.15) is 5.10 Å². The van der Waals surface area contributed by atoms with E-state index in [1.807, 2.05) is 35.2 Å². The maximum absolute atomic E-state index is 12.6. The molecule has 2 amide bonds. The van der Waals surface area contributed by atoms with Crippen molar-refractivity contribution in [1.29, 1.82) is 0 Å². The summed E-state index contributed by atoms with van der Waals surface area (Å²) in [5.74, 6) is -0.210. The molecule has 0 bridgehead atoms. The SMILES string of the molecule is O=C(Nc1cccc(-c2ccn[nH]2)c1)[C@@H]1CC(=O)N(C2CCCC2)C1. The van der Waals surface area contributed by atoms with Gasteiger partial charge in [-0.3, -0.25) is 14.7 Å². The molecular weight excluding hydrogens is 316 g/mol. The number of likely N-dealkylation sites (tertiary alicyclic amines) is 1. The number of anilines is 1. The third-order valence-electron chi connectivity index (χ3n) is 5.24. The van der Waals surface area contributed by atoms with Gasteiger partial charge in [0.25, 0.3) is 0 Å². The van der Waals surface area contributed by atoms with Crippen LogP contribution in [0, 0.1) is 5.92 Å². The highest BCUT2D eigenvalue weighted by Gasteiger charge is 2.38. The van der Waals surface area contributed by atoms with Gasteiger partial charge in [-0.1, -0.05) is 25.0 Å². The Morgan fingerprint density at radius 1 is 1.24 bits per heavy atom. The number of carbonyl (C=O) groups excluding carboxylic acids is 2. The molecule has 1 aromatic heterocycles. The van der Waals surface area contributed by atoms with Gasteiger partial charge >= 0.3 is 0 Å². The minimum Gasteiger partial charge on any atom is -0.339 e. The summed E-state index contributed by atoms with van der Waals surface area (Å²) in [6.07, 6.45) is 6.54.